The molecule has 1 aromatic heterocycles. The third kappa shape index (κ3) is 3.16. The molecule has 2 N–H and O–H groups in total. The molecule has 8 heteroatoms. The standard InChI is InChI=1S/C13H13N3O5/c1-7-8(2)21-12(15-7)6-14-11-5-9(16(19)20)3-4-10(11)13(17)18/h3-5,14H,6H2,1-2H3,(H,17,18). The summed E-state index contributed by atoms with van der Waals surface area (Å²) < 4.78 is 5.36. The molecule has 0 saturated carbocycles. The third-order valence-electron chi connectivity index (χ3n) is 2.95. The molecule has 2 rings (SSSR count). The quantitative estimate of drug-likeness (QED) is 0.641. The van der Waals surface area contributed by atoms with Crippen molar-refractivity contribution in [3.63, 3.8) is 0 Å². The summed E-state index contributed by atoms with van der Waals surface area (Å²) >= 11 is 0. The van der Waals surface area contributed by atoms with E-state index in [1.54, 1.807) is 13.8 Å². The number of nitrogens with zero attached hydrogens (tertiary/aromatic N) is 2. The Labute approximate surface area is 119 Å². The number of nitrogens with one attached hydrogen (secondary N) is 1. The molecule has 2 aromatic rings. The minimum atomic E-state index is -1.17. The number of hydrogen-bond donors (Lipinski definition) is 2. The number of aromatic nitrogens is 1. The maximum atomic E-state index is 11.1. The Bertz CT molecular complexity index is 688. The third-order valence-corrected chi connectivity index (χ3v) is 2.95. The summed E-state index contributed by atoms with van der Waals surface area (Å²) in [6, 6.07) is 3.51. The van der Waals surface area contributed by atoms with Crippen molar-refractivity contribution in [2.24, 2.45) is 0 Å². The fraction of sp³-hybridized carbons (Fsp3) is 0.231. The van der Waals surface area contributed by atoms with Gasteiger partial charge in [0, 0.05) is 12.1 Å². The van der Waals surface area contributed by atoms with Crippen LogP contribution in [0.4, 0.5) is 11.4 Å². The van der Waals surface area contributed by atoms with Crippen molar-refractivity contribution >= 4 is 17.3 Å². The number of carboxylic acid groups (broad SMARTS) is 1. The smallest absolute Gasteiger partial charge is 0.337 e. The van der Waals surface area contributed by atoms with E-state index in [1.807, 2.05) is 0 Å². The number of carbonyl (C=O) groups is 1. The maximum absolute atomic E-state index is 11.1. The van der Waals surface area contributed by atoms with Crippen molar-refractivity contribution in [3.05, 3.63) is 51.2 Å². The summed E-state index contributed by atoms with van der Waals surface area (Å²) in [5, 5.41) is 22.7. The van der Waals surface area contributed by atoms with E-state index in [-0.39, 0.29) is 23.5 Å². The van der Waals surface area contributed by atoms with Gasteiger partial charge in [0.25, 0.3) is 5.69 Å². The fourth-order valence-corrected chi connectivity index (χ4v) is 1.76. The van der Waals surface area contributed by atoms with Crippen LogP contribution in [0.2, 0.25) is 0 Å². The summed E-state index contributed by atoms with van der Waals surface area (Å²) in [7, 11) is 0. The number of aryl methyl sites for hydroxylation is 2. The Kier molecular flexibility index (Phi) is 3.88. The average molecular weight is 291 g/mol. The summed E-state index contributed by atoms with van der Waals surface area (Å²) in [4.78, 5) is 25.4. The number of nitro groups is 1. The molecular formula is C13H13N3O5. The van der Waals surface area contributed by atoms with Crippen LogP contribution in [-0.4, -0.2) is 21.0 Å². The van der Waals surface area contributed by atoms with Crippen molar-refractivity contribution in [2.45, 2.75) is 20.4 Å². The van der Waals surface area contributed by atoms with Gasteiger partial charge >= 0.3 is 5.97 Å². The van der Waals surface area contributed by atoms with Gasteiger partial charge in [0.1, 0.15) is 5.76 Å². The van der Waals surface area contributed by atoms with Crippen LogP contribution in [0, 0.1) is 24.0 Å². The van der Waals surface area contributed by atoms with Crippen molar-refractivity contribution in [1.29, 1.82) is 0 Å². The minimum Gasteiger partial charge on any atom is -0.478 e. The molecule has 0 radical (unpaired) electrons. The number of anilines is 1. The molecule has 21 heavy (non-hydrogen) atoms. The van der Waals surface area contributed by atoms with E-state index >= 15 is 0 Å². The Morgan fingerprint density at radius 2 is 2.19 bits per heavy atom. The number of oxazole rings is 1. The topological polar surface area (TPSA) is 118 Å². The number of non-ortho nitro benzene ring substituents is 1. The largest absolute Gasteiger partial charge is 0.478 e. The van der Waals surface area contributed by atoms with E-state index in [2.05, 4.69) is 10.3 Å². The summed E-state index contributed by atoms with van der Waals surface area (Å²) in [6.07, 6.45) is 0. The first-order valence-electron chi connectivity index (χ1n) is 6.07. The van der Waals surface area contributed by atoms with Crippen molar-refractivity contribution in [2.75, 3.05) is 5.32 Å². The molecule has 8 nitrogen and oxygen atoms in total. The zero-order chi connectivity index (χ0) is 15.6. The van der Waals surface area contributed by atoms with Gasteiger partial charge < -0.3 is 14.8 Å². The monoisotopic (exact) mass is 291 g/mol. The highest BCUT2D eigenvalue weighted by Gasteiger charge is 2.16. The number of carboxylic acids is 1. The van der Waals surface area contributed by atoms with Gasteiger partial charge in [0.05, 0.1) is 28.4 Å². The average Bonchev–Trinajstić information content (AvgIpc) is 2.75. The lowest BCUT2D eigenvalue weighted by molar-refractivity contribution is -0.384. The molecular weight excluding hydrogens is 278 g/mol. The molecule has 0 aliphatic rings. The van der Waals surface area contributed by atoms with Crippen molar-refractivity contribution < 1.29 is 19.2 Å². The number of rotatable bonds is 5. The Morgan fingerprint density at radius 3 is 2.71 bits per heavy atom. The molecule has 0 aliphatic heterocycles. The molecule has 110 valence electrons. The molecule has 0 unspecified atom stereocenters. The van der Waals surface area contributed by atoms with Gasteiger partial charge in [-0.3, -0.25) is 10.1 Å². The first-order chi connectivity index (χ1) is 9.88. The van der Waals surface area contributed by atoms with Crippen LogP contribution >= 0.6 is 0 Å². The molecule has 1 aromatic carbocycles. The van der Waals surface area contributed by atoms with Crippen LogP contribution in [0.3, 0.4) is 0 Å². The second-order valence-electron chi connectivity index (χ2n) is 4.39. The highest BCUT2D eigenvalue weighted by Crippen LogP contribution is 2.23. The lowest BCUT2D eigenvalue weighted by Gasteiger charge is -2.07. The molecule has 0 aliphatic carbocycles. The van der Waals surface area contributed by atoms with Crippen LogP contribution in [0.15, 0.2) is 22.6 Å². The number of aromatic carboxylic acids is 1. The first-order valence-corrected chi connectivity index (χ1v) is 6.07. The molecule has 0 bridgehead atoms. The van der Waals surface area contributed by atoms with Crippen LogP contribution in [0.1, 0.15) is 27.7 Å². The van der Waals surface area contributed by atoms with E-state index < -0.39 is 10.9 Å². The molecule has 0 fully saturated rings. The maximum Gasteiger partial charge on any atom is 0.337 e. The van der Waals surface area contributed by atoms with Gasteiger partial charge in [-0.25, -0.2) is 9.78 Å². The van der Waals surface area contributed by atoms with E-state index in [0.29, 0.717) is 11.7 Å². The normalized spacial score (nSPS) is 10.4. The van der Waals surface area contributed by atoms with Gasteiger partial charge in [0.2, 0.25) is 5.89 Å². The van der Waals surface area contributed by atoms with Gasteiger partial charge in [-0.15, -0.1) is 0 Å². The molecule has 1 heterocycles. The van der Waals surface area contributed by atoms with Crippen molar-refractivity contribution in [1.82, 2.24) is 4.98 Å². The van der Waals surface area contributed by atoms with Crippen LogP contribution in [-0.2, 0) is 6.54 Å². The molecule has 0 atom stereocenters. The van der Waals surface area contributed by atoms with Gasteiger partial charge in [-0.1, -0.05) is 0 Å². The van der Waals surface area contributed by atoms with Gasteiger partial charge in [-0.05, 0) is 19.9 Å². The first kappa shape index (κ1) is 14.5. The minimum absolute atomic E-state index is 0.0550. The van der Waals surface area contributed by atoms with Crippen LogP contribution in [0.5, 0.6) is 0 Å². The van der Waals surface area contributed by atoms with Gasteiger partial charge in [-0.2, -0.15) is 0 Å². The predicted octanol–water partition coefficient (Wildman–Crippen LogP) is 2.51. The summed E-state index contributed by atoms with van der Waals surface area (Å²) in [5.74, 6) is -0.121. The molecule has 0 spiro atoms. The second-order valence-corrected chi connectivity index (χ2v) is 4.39. The molecule has 0 saturated heterocycles. The predicted molar refractivity (Wildman–Crippen MR) is 73.4 cm³/mol. The Morgan fingerprint density at radius 1 is 1.48 bits per heavy atom. The van der Waals surface area contributed by atoms with Gasteiger partial charge in [0.15, 0.2) is 0 Å². The zero-order valence-corrected chi connectivity index (χ0v) is 11.4. The van der Waals surface area contributed by atoms with E-state index in [4.69, 9.17) is 9.52 Å². The second kappa shape index (κ2) is 5.61. The van der Waals surface area contributed by atoms with E-state index in [9.17, 15) is 14.9 Å². The number of hydrogen-bond acceptors (Lipinski definition) is 6. The SMILES string of the molecule is Cc1nc(CNc2cc([N+](=O)[O-])ccc2C(=O)O)oc1C. The lowest BCUT2D eigenvalue weighted by atomic mass is 10.1. The number of benzene rings is 1. The summed E-state index contributed by atoms with van der Waals surface area (Å²) in [6.45, 7) is 3.69. The van der Waals surface area contributed by atoms with Crippen LogP contribution in [0.25, 0.3) is 0 Å². The number of nitro benzene ring substituents is 1. The van der Waals surface area contributed by atoms with Crippen LogP contribution < -0.4 is 5.32 Å². The van der Waals surface area contributed by atoms with Crippen molar-refractivity contribution in [3.8, 4) is 0 Å². The lowest BCUT2D eigenvalue weighted by Crippen LogP contribution is -2.07. The van der Waals surface area contributed by atoms with E-state index in [1.165, 1.54) is 12.1 Å². The highest BCUT2D eigenvalue weighted by atomic mass is 16.6. The molecule has 0 amide bonds. The fourth-order valence-electron chi connectivity index (χ4n) is 1.76. The zero-order valence-electron chi connectivity index (χ0n) is 11.4. The highest BCUT2D eigenvalue weighted by molar-refractivity contribution is 5.94. The summed E-state index contributed by atoms with van der Waals surface area (Å²) in [5.41, 5.74) is 0.636. The Hall–Kier alpha value is -2.90. The Balaban J connectivity index is 2.26. The van der Waals surface area contributed by atoms with E-state index in [0.717, 1.165) is 11.8 Å².